The Bertz CT molecular complexity index is 612. The summed E-state index contributed by atoms with van der Waals surface area (Å²) < 4.78 is 0. The van der Waals surface area contributed by atoms with Gasteiger partial charge in [-0.3, -0.25) is 4.79 Å². The second-order valence-electron chi connectivity index (χ2n) is 3.77. The van der Waals surface area contributed by atoms with Gasteiger partial charge in [0.05, 0.1) is 6.21 Å². The Balaban J connectivity index is 2.02. The molecular weight excluding hydrogens is 264 g/mol. The van der Waals surface area contributed by atoms with Crippen LogP contribution < -0.4 is 5.43 Å². The molecule has 0 aliphatic rings. The van der Waals surface area contributed by atoms with E-state index in [2.05, 4.69) is 10.5 Å². The standard InChI is InChI=1S/C14H11ClN2O2/c15-12-7-6-11(13(18)8-12)9-16-17-14(19)10-4-2-1-3-5-10/h1-9,18H,(H,17,19)/b16-9+. The molecule has 0 aliphatic carbocycles. The van der Waals surface area contributed by atoms with Crippen molar-refractivity contribution in [2.45, 2.75) is 0 Å². The van der Waals surface area contributed by atoms with E-state index >= 15 is 0 Å². The lowest BCUT2D eigenvalue weighted by Gasteiger charge is -2.00. The van der Waals surface area contributed by atoms with Gasteiger partial charge in [0.1, 0.15) is 5.75 Å². The second-order valence-corrected chi connectivity index (χ2v) is 4.20. The number of amides is 1. The van der Waals surface area contributed by atoms with Crippen molar-refractivity contribution in [1.29, 1.82) is 0 Å². The number of hydrogen-bond donors (Lipinski definition) is 2. The molecule has 0 aromatic heterocycles. The fourth-order valence-electron chi connectivity index (χ4n) is 1.44. The second kappa shape index (κ2) is 6.02. The highest BCUT2D eigenvalue weighted by molar-refractivity contribution is 6.30. The van der Waals surface area contributed by atoms with Gasteiger partial charge < -0.3 is 5.11 Å². The molecule has 2 rings (SSSR count). The van der Waals surface area contributed by atoms with Gasteiger partial charge in [0.25, 0.3) is 5.91 Å². The number of phenols is 1. The van der Waals surface area contributed by atoms with Crippen LogP contribution in [0.5, 0.6) is 5.75 Å². The molecule has 0 fully saturated rings. The molecule has 5 heteroatoms. The third kappa shape index (κ3) is 3.56. The van der Waals surface area contributed by atoms with E-state index in [4.69, 9.17) is 11.6 Å². The molecular formula is C14H11ClN2O2. The van der Waals surface area contributed by atoms with E-state index in [1.165, 1.54) is 12.3 Å². The van der Waals surface area contributed by atoms with Crippen molar-refractivity contribution in [2.75, 3.05) is 0 Å². The predicted octanol–water partition coefficient (Wildman–Crippen LogP) is 2.81. The number of nitrogens with one attached hydrogen (secondary N) is 1. The van der Waals surface area contributed by atoms with Gasteiger partial charge in [0.2, 0.25) is 0 Å². The third-order valence-electron chi connectivity index (χ3n) is 2.40. The van der Waals surface area contributed by atoms with E-state index in [1.54, 1.807) is 36.4 Å². The van der Waals surface area contributed by atoms with Crippen LogP contribution in [0, 0.1) is 0 Å². The largest absolute Gasteiger partial charge is 0.507 e. The summed E-state index contributed by atoms with van der Waals surface area (Å²) >= 11 is 5.71. The lowest BCUT2D eigenvalue weighted by Crippen LogP contribution is -2.17. The summed E-state index contributed by atoms with van der Waals surface area (Å²) in [5.74, 6) is -0.310. The molecule has 2 aromatic rings. The molecule has 0 bridgehead atoms. The van der Waals surface area contributed by atoms with Crippen LogP contribution >= 0.6 is 11.6 Å². The number of halogens is 1. The fourth-order valence-corrected chi connectivity index (χ4v) is 1.61. The molecule has 4 nitrogen and oxygen atoms in total. The summed E-state index contributed by atoms with van der Waals surface area (Å²) in [7, 11) is 0. The van der Waals surface area contributed by atoms with E-state index in [-0.39, 0.29) is 11.7 Å². The Labute approximate surface area is 115 Å². The van der Waals surface area contributed by atoms with Crippen molar-refractivity contribution in [3.63, 3.8) is 0 Å². The van der Waals surface area contributed by atoms with Gasteiger partial charge in [0.15, 0.2) is 0 Å². The minimum atomic E-state index is -0.315. The molecule has 96 valence electrons. The Morgan fingerprint density at radius 2 is 1.95 bits per heavy atom. The third-order valence-corrected chi connectivity index (χ3v) is 2.63. The maximum atomic E-state index is 11.7. The van der Waals surface area contributed by atoms with Crippen LogP contribution in [-0.2, 0) is 0 Å². The quantitative estimate of drug-likeness (QED) is 0.668. The van der Waals surface area contributed by atoms with Gasteiger partial charge in [-0.05, 0) is 30.3 Å². The maximum absolute atomic E-state index is 11.7. The minimum Gasteiger partial charge on any atom is -0.507 e. The summed E-state index contributed by atoms with van der Waals surface area (Å²) in [5.41, 5.74) is 3.36. The molecule has 0 aliphatic heterocycles. The zero-order valence-corrected chi connectivity index (χ0v) is 10.6. The van der Waals surface area contributed by atoms with E-state index in [9.17, 15) is 9.90 Å². The van der Waals surface area contributed by atoms with E-state index in [0.717, 1.165) is 0 Å². The first-order valence-corrected chi connectivity index (χ1v) is 5.91. The SMILES string of the molecule is O=C(N/N=C/c1ccc(Cl)cc1O)c1ccccc1. The van der Waals surface area contributed by atoms with Crippen LogP contribution in [0.25, 0.3) is 0 Å². The van der Waals surface area contributed by atoms with Crippen LogP contribution in [0.2, 0.25) is 5.02 Å². The van der Waals surface area contributed by atoms with Crippen molar-refractivity contribution >= 4 is 23.7 Å². The van der Waals surface area contributed by atoms with Crippen molar-refractivity contribution in [3.8, 4) is 5.75 Å². The smallest absolute Gasteiger partial charge is 0.271 e. The number of hydrazone groups is 1. The Morgan fingerprint density at radius 3 is 2.63 bits per heavy atom. The van der Waals surface area contributed by atoms with Crippen molar-refractivity contribution in [2.24, 2.45) is 5.10 Å². The van der Waals surface area contributed by atoms with Crippen LogP contribution in [0.15, 0.2) is 53.6 Å². The highest BCUT2D eigenvalue weighted by atomic mass is 35.5. The summed E-state index contributed by atoms with van der Waals surface area (Å²) in [6.07, 6.45) is 1.35. The van der Waals surface area contributed by atoms with Gasteiger partial charge in [-0.2, -0.15) is 5.10 Å². The monoisotopic (exact) mass is 274 g/mol. The van der Waals surface area contributed by atoms with Gasteiger partial charge in [-0.15, -0.1) is 0 Å². The Morgan fingerprint density at radius 1 is 1.21 bits per heavy atom. The van der Waals surface area contributed by atoms with Gasteiger partial charge in [-0.1, -0.05) is 29.8 Å². The highest BCUT2D eigenvalue weighted by Gasteiger charge is 2.02. The van der Waals surface area contributed by atoms with Crippen molar-refractivity contribution in [1.82, 2.24) is 5.43 Å². The molecule has 0 radical (unpaired) electrons. The molecule has 19 heavy (non-hydrogen) atoms. The number of phenolic OH excluding ortho intramolecular Hbond substituents is 1. The molecule has 0 unspecified atom stereocenters. The van der Waals surface area contributed by atoms with Crippen molar-refractivity contribution < 1.29 is 9.90 Å². The molecule has 2 N–H and O–H groups in total. The highest BCUT2D eigenvalue weighted by Crippen LogP contribution is 2.20. The van der Waals surface area contributed by atoms with Crippen LogP contribution in [0.3, 0.4) is 0 Å². The molecule has 0 saturated carbocycles. The molecule has 0 spiro atoms. The van der Waals surface area contributed by atoms with E-state index in [1.807, 2.05) is 6.07 Å². The minimum absolute atomic E-state index is 0.00482. The first kappa shape index (κ1) is 13.1. The maximum Gasteiger partial charge on any atom is 0.271 e. The number of nitrogens with zero attached hydrogens (tertiary/aromatic N) is 1. The topological polar surface area (TPSA) is 61.7 Å². The summed E-state index contributed by atoms with van der Waals surface area (Å²) in [6.45, 7) is 0. The van der Waals surface area contributed by atoms with Crippen LogP contribution in [-0.4, -0.2) is 17.2 Å². The van der Waals surface area contributed by atoms with Gasteiger partial charge in [0, 0.05) is 16.1 Å². The Kier molecular flexibility index (Phi) is 4.15. The lowest BCUT2D eigenvalue weighted by molar-refractivity contribution is 0.0955. The summed E-state index contributed by atoms with van der Waals surface area (Å²) in [4.78, 5) is 11.7. The molecule has 2 aromatic carbocycles. The van der Waals surface area contributed by atoms with Gasteiger partial charge in [-0.25, -0.2) is 5.43 Å². The van der Waals surface area contributed by atoms with Crippen molar-refractivity contribution in [3.05, 3.63) is 64.7 Å². The average Bonchev–Trinajstić information content (AvgIpc) is 2.42. The molecule has 0 saturated heterocycles. The summed E-state index contributed by atoms with van der Waals surface area (Å²) in [6, 6.07) is 13.4. The van der Waals surface area contributed by atoms with Gasteiger partial charge >= 0.3 is 0 Å². The fraction of sp³-hybridized carbons (Fsp3) is 0. The van der Waals surface area contributed by atoms with Crippen LogP contribution in [0.1, 0.15) is 15.9 Å². The normalized spacial score (nSPS) is 10.6. The first-order valence-electron chi connectivity index (χ1n) is 5.54. The number of rotatable bonds is 3. The lowest BCUT2D eigenvalue weighted by atomic mass is 10.2. The first-order chi connectivity index (χ1) is 9.16. The number of carbonyl (C=O) groups excluding carboxylic acids is 1. The number of aromatic hydroxyl groups is 1. The summed E-state index contributed by atoms with van der Waals surface area (Å²) in [5, 5.41) is 13.8. The Hall–Kier alpha value is -2.33. The van der Waals surface area contributed by atoms with E-state index in [0.29, 0.717) is 16.1 Å². The molecule has 1 amide bonds. The predicted molar refractivity (Wildman–Crippen MR) is 74.6 cm³/mol. The average molecular weight is 275 g/mol. The molecule has 0 atom stereocenters. The van der Waals surface area contributed by atoms with Crippen LogP contribution in [0.4, 0.5) is 0 Å². The zero-order valence-electron chi connectivity index (χ0n) is 9.88. The number of carbonyl (C=O) groups is 1. The molecule has 0 heterocycles. The number of hydrogen-bond acceptors (Lipinski definition) is 3. The number of benzene rings is 2. The van der Waals surface area contributed by atoms with E-state index < -0.39 is 0 Å². The zero-order chi connectivity index (χ0) is 13.7.